The summed E-state index contributed by atoms with van der Waals surface area (Å²) >= 11 is 5.95. The maximum atomic E-state index is 12.3. The van der Waals surface area contributed by atoms with Gasteiger partial charge in [-0.2, -0.15) is 0 Å². The lowest BCUT2D eigenvalue weighted by Crippen LogP contribution is -2.30. The molecule has 0 aromatic heterocycles. The van der Waals surface area contributed by atoms with Gasteiger partial charge in [0.2, 0.25) is 0 Å². The van der Waals surface area contributed by atoms with E-state index in [-0.39, 0.29) is 23.6 Å². The van der Waals surface area contributed by atoms with E-state index in [1.165, 1.54) is 0 Å². The van der Waals surface area contributed by atoms with Crippen molar-refractivity contribution in [2.24, 2.45) is 0 Å². The molecule has 1 aliphatic heterocycles. The van der Waals surface area contributed by atoms with Crippen molar-refractivity contribution >= 4 is 35.2 Å². The van der Waals surface area contributed by atoms with Gasteiger partial charge in [0.1, 0.15) is 0 Å². The fourth-order valence-corrected chi connectivity index (χ4v) is 2.59. The summed E-state index contributed by atoms with van der Waals surface area (Å²) in [5, 5.41) is 6.13. The second kappa shape index (κ2) is 6.99. The fraction of sp³-hybridized carbons (Fsp3) is 0.158. The number of rotatable bonds is 3. The topological polar surface area (TPSA) is 67.4 Å². The molecule has 2 aromatic carbocycles. The Bertz CT molecular complexity index is 875. The van der Waals surface area contributed by atoms with Crippen LogP contribution >= 0.6 is 11.6 Å². The molecule has 0 aliphatic carbocycles. The highest BCUT2D eigenvalue weighted by Gasteiger charge is 2.23. The number of hydrogen-bond donors (Lipinski definition) is 2. The Morgan fingerprint density at radius 3 is 2.76 bits per heavy atom. The van der Waals surface area contributed by atoms with Crippen LogP contribution in [0.4, 0.5) is 5.69 Å². The monoisotopic (exact) mass is 356 g/mol. The molecular weight excluding hydrogens is 340 g/mol. The molecule has 2 N–H and O–H groups in total. The quantitative estimate of drug-likeness (QED) is 0.821. The minimum absolute atomic E-state index is 0.0293. The van der Waals surface area contributed by atoms with Crippen LogP contribution in [-0.4, -0.2) is 17.9 Å². The van der Waals surface area contributed by atoms with Crippen molar-refractivity contribution in [1.82, 2.24) is 5.32 Å². The van der Waals surface area contributed by atoms with Gasteiger partial charge in [-0.3, -0.25) is 9.59 Å². The first-order valence-electron chi connectivity index (χ1n) is 7.84. The molecule has 5 nitrogen and oxygen atoms in total. The largest absolute Gasteiger partial charge is 0.449 e. The normalized spacial score (nSPS) is 14.7. The minimum Gasteiger partial charge on any atom is -0.449 e. The molecule has 0 saturated heterocycles. The van der Waals surface area contributed by atoms with Gasteiger partial charge in [-0.15, -0.1) is 0 Å². The highest BCUT2D eigenvalue weighted by Crippen LogP contribution is 2.32. The molecule has 6 heteroatoms. The second-order valence-electron chi connectivity index (χ2n) is 5.96. The van der Waals surface area contributed by atoms with Gasteiger partial charge in [-0.25, -0.2) is 0 Å². The smallest absolute Gasteiger partial charge is 0.291 e. The summed E-state index contributed by atoms with van der Waals surface area (Å²) in [6.07, 6.45) is 1.61. The lowest BCUT2D eigenvalue weighted by molar-refractivity contribution is -0.115. The third-order valence-electron chi connectivity index (χ3n) is 3.50. The first-order chi connectivity index (χ1) is 11.9. The van der Waals surface area contributed by atoms with Crippen molar-refractivity contribution in [3.63, 3.8) is 0 Å². The van der Waals surface area contributed by atoms with Crippen molar-refractivity contribution in [1.29, 1.82) is 0 Å². The molecule has 0 unspecified atom stereocenters. The number of amides is 2. The molecule has 2 aromatic rings. The van der Waals surface area contributed by atoms with E-state index in [0.717, 1.165) is 5.56 Å². The Morgan fingerprint density at radius 1 is 1.24 bits per heavy atom. The second-order valence-corrected chi connectivity index (χ2v) is 6.40. The molecule has 0 bridgehead atoms. The van der Waals surface area contributed by atoms with Gasteiger partial charge in [-0.1, -0.05) is 23.7 Å². The SMILES string of the molecule is CC(C)NC(=O)c1ccc2c(c1)NC(=O)/C(=C\c1cccc(Cl)c1)O2. The summed E-state index contributed by atoms with van der Waals surface area (Å²) in [5.41, 5.74) is 1.68. The molecule has 128 valence electrons. The summed E-state index contributed by atoms with van der Waals surface area (Å²) in [7, 11) is 0. The van der Waals surface area contributed by atoms with E-state index in [9.17, 15) is 9.59 Å². The van der Waals surface area contributed by atoms with Crippen LogP contribution in [0.5, 0.6) is 5.75 Å². The number of ether oxygens (including phenoxy) is 1. The maximum absolute atomic E-state index is 12.3. The van der Waals surface area contributed by atoms with Gasteiger partial charge in [0.05, 0.1) is 5.69 Å². The zero-order valence-corrected chi connectivity index (χ0v) is 14.6. The number of carbonyl (C=O) groups excluding carboxylic acids is 2. The molecule has 0 atom stereocenters. The predicted molar refractivity (Wildman–Crippen MR) is 97.7 cm³/mol. The van der Waals surface area contributed by atoms with Crippen molar-refractivity contribution in [3.8, 4) is 5.75 Å². The van der Waals surface area contributed by atoms with Gasteiger partial charge in [-0.05, 0) is 55.8 Å². The van der Waals surface area contributed by atoms with E-state index in [4.69, 9.17) is 16.3 Å². The Hall–Kier alpha value is -2.79. The number of hydrogen-bond acceptors (Lipinski definition) is 3. The average molecular weight is 357 g/mol. The number of fused-ring (bicyclic) bond motifs is 1. The maximum Gasteiger partial charge on any atom is 0.291 e. The van der Waals surface area contributed by atoms with Crippen LogP contribution in [-0.2, 0) is 4.79 Å². The van der Waals surface area contributed by atoms with E-state index >= 15 is 0 Å². The molecule has 1 heterocycles. The molecule has 1 aliphatic rings. The predicted octanol–water partition coefficient (Wildman–Crippen LogP) is 3.85. The van der Waals surface area contributed by atoms with Gasteiger partial charge < -0.3 is 15.4 Å². The first-order valence-corrected chi connectivity index (χ1v) is 8.21. The van der Waals surface area contributed by atoms with Crippen molar-refractivity contribution in [2.75, 3.05) is 5.32 Å². The molecule has 3 rings (SSSR count). The zero-order chi connectivity index (χ0) is 18.0. The number of halogens is 1. The summed E-state index contributed by atoms with van der Waals surface area (Å²) in [4.78, 5) is 24.3. The van der Waals surface area contributed by atoms with Crippen molar-refractivity contribution < 1.29 is 14.3 Å². The molecule has 2 amide bonds. The van der Waals surface area contributed by atoms with Crippen LogP contribution in [0.25, 0.3) is 6.08 Å². The van der Waals surface area contributed by atoms with E-state index in [1.807, 2.05) is 19.9 Å². The fourth-order valence-electron chi connectivity index (χ4n) is 2.39. The summed E-state index contributed by atoms with van der Waals surface area (Å²) in [6.45, 7) is 3.77. The van der Waals surface area contributed by atoms with Gasteiger partial charge in [0.15, 0.2) is 11.5 Å². The lowest BCUT2D eigenvalue weighted by atomic mass is 10.1. The summed E-state index contributed by atoms with van der Waals surface area (Å²) < 4.78 is 5.68. The van der Waals surface area contributed by atoms with E-state index in [2.05, 4.69) is 10.6 Å². The van der Waals surface area contributed by atoms with Gasteiger partial charge in [0, 0.05) is 16.6 Å². The molecule has 0 radical (unpaired) electrons. The third-order valence-corrected chi connectivity index (χ3v) is 3.73. The number of carbonyl (C=O) groups is 2. The highest BCUT2D eigenvalue weighted by atomic mass is 35.5. The van der Waals surface area contributed by atoms with E-state index in [0.29, 0.717) is 22.0 Å². The number of benzene rings is 2. The molecular formula is C19H17ClN2O3. The molecule has 25 heavy (non-hydrogen) atoms. The molecule has 0 spiro atoms. The van der Waals surface area contributed by atoms with Crippen molar-refractivity contribution in [2.45, 2.75) is 19.9 Å². The van der Waals surface area contributed by atoms with Crippen LogP contribution in [0, 0.1) is 0 Å². The van der Waals surface area contributed by atoms with Gasteiger partial charge in [0.25, 0.3) is 11.8 Å². The zero-order valence-electron chi connectivity index (χ0n) is 13.8. The van der Waals surface area contributed by atoms with Gasteiger partial charge >= 0.3 is 0 Å². The standard InChI is InChI=1S/C19H17ClN2O3/c1-11(2)21-18(23)13-6-7-16-15(10-13)22-19(24)17(25-16)9-12-4-3-5-14(20)8-12/h3-11H,1-2H3,(H,21,23)(H,22,24)/b17-9+. The van der Waals surface area contributed by atoms with Crippen LogP contribution in [0.15, 0.2) is 48.2 Å². The highest BCUT2D eigenvalue weighted by molar-refractivity contribution is 6.30. The Labute approximate surface area is 150 Å². The lowest BCUT2D eigenvalue weighted by Gasteiger charge is -2.20. The van der Waals surface area contributed by atoms with E-state index in [1.54, 1.807) is 42.5 Å². The van der Waals surface area contributed by atoms with Crippen LogP contribution < -0.4 is 15.4 Å². The summed E-state index contributed by atoms with van der Waals surface area (Å²) in [5.74, 6) is 0.0596. The number of anilines is 1. The van der Waals surface area contributed by atoms with Crippen LogP contribution in [0.1, 0.15) is 29.8 Å². The third kappa shape index (κ3) is 4.00. The Balaban J connectivity index is 1.86. The molecule has 0 saturated carbocycles. The van der Waals surface area contributed by atoms with Crippen LogP contribution in [0.3, 0.4) is 0 Å². The Morgan fingerprint density at radius 2 is 2.04 bits per heavy atom. The minimum atomic E-state index is -0.381. The summed E-state index contributed by atoms with van der Waals surface area (Å²) in [6, 6.07) is 12.1. The average Bonchev–Trinajstić information content (AvgIpc) is 2.54. The Kier molecular flexibility index (Phi) is 4.76. The van der Waals surface area contributed by atoms with E-state index < -0.39 is 0 Å². The van der Waals surface area contributed by atoms with Crippen LogP contribution in [0.2, 0.25) is 5.02 Å². The first kappa shape index (κ1) is 17.0. The van der Waals surface area contributed by atoms with Crippen molar-refractivity contribution in [3.05, 3.63) is 64.4 Å². The number of nitrogens with one attached hydrogen (secondary N) is 2. The molecule has 0 fully saturated rings.